The van der Waals surface area contributed by atoms with Crippen LogP contribution in [0.15, 0.2) is 158 Å². The van der Waals surface area contributed by atoms with Crippen LogP contribution in [-0.2, 0) is 5.41 Å². The van der Waals surface area contributed by atoms with E-state index < -0.39 is 5.41 Å². The Bertz CT molecular complexity index is 2440. The first-order valence-corrected chi connectivity index (χ1v) is 15.5. The minimum Gasteiger partial charge on any atom is -0.254 e. The van der Waals surface area contributed by atoms with Crippen LogP contribution in [0, 0.1) is 0 Å². The molecule has 8 aromatic rings. The molecular weight excluding hydrogens is 544 g/mol. The smallest absolute Gasteiger partial charge is 0.0937 e. The Labute approximate surface area is 261 Å². The lowest BCUT2D eigenvalue weighted by atomic mass is 9.70. The van der Waals surface area contributed by atoms with Crippen LogP contribution < -0.4 is 0 Å². The fourth-order valence-corrected chi connectivity index (χ4v) is 8.13. The van der Waals surface area contributed by atoms with Crippen molar-refractivity contribution in [1.29, 1.82) is 0 Å². The van der Waals surface area contributed by atoms with Crippen LogP contribution in [0.5, 0.6) is 0 Å². The number of hydrogen-bond acceptors (Lipinski definition) is 2. The topological polar surface area (TPSA) is 25.8 Å². The second kappa shape index (κ2) is 9.07. The normalized spacial score (nSPS) is 13.5. The summed E-state index contributed by atoms with van der Waals surface area (Å²) in [6, 6.07) is 53.4. The van der Waals surface area contributed by atoms with Gasteiger partial charge in [-0.3, -0.25) is 9.97 Å². The van der Waals surface area contributed by atoms with Crippen LogP contribution in [0.2, 0.25) is 0 Å². The number of fused-ring (bicyclic) bond motifs is 12. The van der Waals surface area contributed by atoms with E-state index in [9.17, 15) is 0 Å². The molecular formula is C43H26N2. The zero-order valence-corrected chi connectivity index (χ0v) is 24.4. The van der Waals surface area contributed by atoms with Crippen molar-refractivity contribution in [3.63, 3.8) is 0 Å². The molecule has 2 aromatic heterocycles. The summed E-state index contributed by atoms with van der Waals surface area (Å²) in [6.45, 7) is 0. The summed E-state index contributed by atoms with van der Waals surface area (Å²) in [5, 5.41) is 5.03. The van der Waals surface area contributed by atoms with E-state index in [0.29, 0.717) is 0 Å². The van der Waals surface area contributed by atoms with Crippen molar-refractivity contribution in [2.45, 2.75) is 5.41 Å². The minimum atomic E-state index is -0.462. The van der Waals surface area contributed by atoms with Crippen LogP contribution in [0.4, 0.5) is 0 Å². The van der Waals surface area contributed by atoms with E-state index in [1.807, 2.05) is 12.4 Å². The highest BCUT2D eigenvalue weighted by atomic mass is 14.8. The lowest BCUT2D eigenvalue weighted by Gasteiger charge is -2.30. The number of rotatable bonds is 2. The number of nitrogens with zero attached hydrogens (tertiary/aromatic N) is 2. The van der Waals surface area contributed by atoms with Crippen molar-refractivity contribution >= 4 is 21.5 Å². The van der Waals surface area contributed by atoms with Gasteiger partial charge in [0.25, 0.3) is 0 Å². The van der Waals surface area contributed by atoms with Crippen molar-refractivity contribution in [2.75, 3.05) is 0 Å². The van der Waals surface area contributed by atoms with Crippen LogP contribution in [-0.4, -0.2) is 9.97 Å². The Morgan fingerprint density at radius 3 is 1.62 bits per heavy atom. The van der Waals surface area contributed by atoms with Gasteiger partial charge < -0.3 is 0 Å². The Morgan fingerprint density at radius 2 is 0.889 bits per heavy atom. The molecule has 0 amide bonds. The molecule has 0 fully saturated rings. The molecule has 45 heavy (non-hydrogen) atoms. The highest BCUT2D eigenvalue weighted by Crippen LogP contribution is 2.62. The average molecular weight is 571 g/mol. The molecule has 0 unspecified atom stereocenters. The second-order valence-electron chi connectivity index (χ2n) is 12.1. The molecule has 1 spiro atoms. The van der Waals surface area contributed by atoms with Gasteiger partial charge in [-0.1, -0.05) is 121 Å². The molecule has 2 aliphatic carbocycles. The van der Waals surface area contributed by atoms with Crippen LogP contribution in [0.25, 0.3) is 66.3 Å². The maximum absolute atomic E-state index is 4.88. The number of benzene rings is 6. The highest BCUT2D eigenvalue weighted by Gasteiger charge is 2.52. The molecule has 10 rings (SSSR count). The molecule has 2 nitrogen and oxygen atoms in total. The lowest BCUT2D eigenvalue weighted by Crippen LogP contribution is -2.26. The Balaban J connectivity index is 1.22. The first-order valence-electron chi connectivity index (χ1n) is 15.5. The van der Waals surface area contributed by atoms with E-state index in [1.165, 1.54) is 77.2 Å². The average Bonchev–Trinajstić information content (AvgIpc) is 3.58. The molecule has 0 radical (unpaired) electrons. The maximum Gasteiger partial charge on any atom is 0.0937 e. The summed E-state index contributed by atoms with van der Waals surface area (Å²) in [5.74, 6) is 0. The zero-order chi connectivity index (χ0) is 29.5. The molecule has 0 saturated heterocycles. The molecule has 2 aliphatic rings. The van der Waals surface area contributed by atoms with Crippen LogP contribution in [0.3, 0.4) is 0 Å². The maximum atomic E-state index is 4.88. The summed E-state index contributed by atoms with van der Waals surface area (Å²) in [5.41, 5.74) is 14.0. The van der Waals surface area contributed by atoms with E-state index in [4.69, 9.17) is 9.97 Å². The third kappa shape index (κ3) is 3.23. The summed E-state index contributed by atoms with van der Waals surface area (Å²) < 4.78 is 0. The van der Waals surface area contributed by atoms with Crippen molar-refractivity contribution < 1.29 is 0 Å². The first-order chi connectivity index (χ1) is 22.3. The third-order valence-electron chi connectivity index (χ3n) is 9.99. The van der Waals surface area contributed by atoms with Crippen molar-refractivity contribution in [3.05, 3.63) is 180 Å². The largest absolute Gasteiger partial charge is 0.254 e. The fourth-order valence-electron chi connectivity index (χ4n) is 8.13. The van der Waals surface area contributed by atoms with Crippen molar-refractivity contribution in [3.8, 4) is 44.8 Å². The van der Waals surface area contributed by atoms with Gasteiger partial charge in [0.05, 0.1) is 16.8 Å². The van der Waals surface area contributed by atoms with E-state index in [-0.39, 0.29) is 0 Å². The van der Waals surface area contributed by atoms with E-state index in [1.54, 1.807) is 0 Å². The Hall–Kier alpha value is -5.86. The summed E-state index contributed by atoms with van der Waals surface area (Å²) >= 11 is 0. The van der Waals surface area contributed by atoms with E-state index in [2.05, 4.69) is 146 Å². The second-order valence-corrected chi connectivity index (χ2v) is 12.1. The molecule has 0 aliphatic heterocycles. The molecule has 0 N–H and O–H groups in total. The first kappa shape index (κ1) is 24.6. The van der Waals surface area contributed by atoms with Crippen molar-refractivity contribution in [1.82, 2.24) is 9.97 Å². The van der Waals surface area contributed by atoms with Gasteiger partial charge in [0.2, 0.25) is 0 Å². The number of aromatic nitrogens is 2. The quantitative estimate of drug-likeness (QED) is 0.207. The predicted octanol–water partition coefficient (Wildman–Crippen LogP) is 10.5. The Morgan fingerprint density at radius 1 is 0.356 bits per heavy atom. The standard InChI is InChI=1S/C43H26N2/c1-2-10-28-25-29(18-17-27(28)9-1)31-21-22-32(34-12-4-3-11-33(31)34)30-19-20-36-35-13-5-6-14-37(35)43(40(36)26-30)38-15-7-23-44-41(38)42-39(43)16-8-24-45-42/h1-26H. The minimum absolute atomic E-state index is 0.462. The van der Waals surface area contributed by atoms with Crippen LogP contribution in [0.1, 0.15) is 22.3 Å². The SMILES string of the molecule is c1ccc2c(c1)-c1ccc(-c3ccc(-c4ccc5ccccc5c4)c4ccccc34)cc1C21c2cccnc2-c2ncccc21. The summed E-state index contributed by atoms with van der Waals surface area (Å²) in [6.07, 6.45) is 3.77. The van der Waals surface area contributed by atoms with E-state index >= 15 is 0 Å². The van der Waals surface area contributed by atoms with Gasteiger partial charge in [-0.15, -0.1) is 0 Å². The van der Waals surface area contributed by atoms with Gasteiger partial charge >= 0.3 is 0 Å². The molecule has 2 heteroatoms. The fraction of sp³-hybridized carbons (Fsp3) is 0.0233. The van der Waals surface area contributed by atoms with Crippen molar-refractivity contribution in [2.24, 2.45) is 0 Å². The van der Waals surface area contributed by atoms with Gasteiger partial charge in [0.1, 0.15) is 0 Å². The number of pyridine rings is 2. The monoisotopic (exact) mass is 570 g/mol. The summed E-state index contributed by atoms with van der Waals surface area (Å²) in [7, 11) is 0. The lowest BCUT2D eigenvalue weighted by molar-refractivity contribution is 0.789. The van der Waals surface area contributed by atoms with Gasteiger partial charge in [0, 0.05) is 12.4 Å². The van der Waals surface area contributed by atoms with E-state index in [0.717, 1.165) is 11.4 Å². The molecule has 2 heterocycles. The number of hydrogen-bond donors (Lipinski definition) is 0. The van der Waals surface area contributed by atoms with Crippen LogP contribution >= 0.6 is 0 Å². The molecule has 0 atom stereocenters. The molecule has 208 valence electrons. The zero-order valence-electron chi connectivity index (χ0n) is 24.4. The third-order valence-corrected chi connectivity index (χ3v) is 9.99. The summed E-state index contributed by atoms with van der Waals surface area (Å²) in [4.78, 5) is 9.76. The Kier molecular flexibility index (Phi) is 4.95. The molecule has 6 aromatic carbocycles. The highest BCUT2D eigenvalue weighted by molar-refractivity contribution is 6.06. The van der Waals surface area contributed by atoms with Gasteiger partial charge in [0.15, 0.2) is 0 Å². The molecule has 0 saturated carbocycles. The molecule has 0 bridgehead atoms. The van der Waals surface area contributed by atoms with Gasteiger partial charge in [-0.25, -0.2) is 0 Å². The predicted molar refractivity (Wildman–Crippen MR) is 184 cm³/mol. The van der Waals surface area contributed by atoms with Gasteiger partial charge in [-0.2, -0.15) is 0 Å². The van der Waals surface area contributed by atoms with Gasteiger partial charge in [-0.05, 0) is 101 Å².